The molecule has 0 saturated carbocycles. The molecule has 90 valence electrons. The monoisotopic (exact) mass is 212 g/mol. The van der Waals surface area contributed by atoms with Gasteiger partial charge in [0.1, 0.15) is 0 Å². The van der Waals surface area contributed by atoms with Gasteiger partial charge in [0.2, 0.25) is 0 Å². The summed E-state index contributed by atoms with van der Waals surface area (Å²) in [5.74, 6) is 0. The molecule has 1 aliphatic rings. The summed E-state index contributed by atoms with van der Waals surface area (Å²) in [5.41, 5.74) is 0.390. The van der Waals surface area contributed by atoms with Gasteiger partial charge in [0, 0.05) is 24.7 Å². The van der Waals surface area contributed by atoms with Crippen molar-refractivity contribution in [1.82, 2.24) is 10.2 Å². The van der Waals surface area contributed by atoms with Gasteiger partial charge in [-0.2, -0.15) is 0 Å². The predicted octanol–water partition coefficient (Wildman–Crippen LogP) is 2.64. The number of nitrogens with one attached hydrogen (secondary N) is 1. The summed E-state index contributed by atoms with van der Waals surface area (Å²) < 4.78 is 0. The molecule has 2 nitrogen and oxygen atoms in total. The van der Waals surface area contributed by atoms with E-state index in [9.17, 15) is 0 Å². The van der Waals surface area contributed by atoms with Crippen molar-refractivity contribution in [3.63, 3.8) is 0 Å². The molecular formula is C13H28N2. The van der Waals surface area contributed by atoms with E-state index in [1.54, 1.807) is 0 Å². The van der Waals surface area contributed by atoms with Crippen LogP contribution in [0.2, 0.25) is 0 Å². The van der Waals surface area contributed by atoms with Gasteiger partial charge in [-0.15, -0.1) is 0 Å². The first-order valence-electron chi connectivity index (χ1n) is 6.70. The quantitative estimate of drug-likeness (QED) is 0.753. The Balaban J connectivity index is 2.63. The molecule has 0 aliphatic carbocycles. The smallest absolute Gasteiger partial charge is 0.0304 e. The molecule has 1 aliphatic heterocycles. The minimum atomic E-state index is 0.390. The van der Waals surface area contributed by atoms with E-state index >= 15 is 0 Å². The highest BCUT2D eigenvalue weighted by Gasteiger charge is 2.35. The van der Waals surface area contributed by atoms with Crippen LogP contribution in [0.15, 0.2) is 0 Å². The van der Waals surface area contributed by atoms with Gasteiger partial charge in [-0.05, 0) is 32.2 Å². The van der Waals surface area contributed by atoms with Crippen molar-refractivity contribution in [2.45, 2.75) is 65.0 Å². The molecule has 1 N–H and O–H groups in total. The van der Waals surface area contributed by atoms with Crippen molar-refractivity contribution in [2.24, 2.45) is 0 Å². The molecular weight excluding hydrogens is 184 g/mol. The van der Waals surface area contributed by atoms with Crippen LogP contribution in [0.1, 0.15) is 53.4 Å². The summed E-state index contributed by atoms with van der Waals surface area (Å²) in [5, 5.41) is 3.78. The first-order chi connectivity index (χ1) is 7.21. The van der Waals surface area contributed by atoms with Gasteiger partial charge in [0.15, 0.2) is 0 Å². The second-order valence-electron chi connectivity index (χ2n) is 4.90. The van der Waals surface area contributed by atoms with Gasteiger partial charge in [0.05, 0.1) is 0 Å². The Morgan fingerprint density at radius 3 is 2.33 bits per heavy atom. The van der Waals surface area contributed by atoms with E-state index < -0.39 is 0 Å². The van der Waals surface area contributed by atoms with Crippen molar-refractivity contribution < 1.29 is 0 Å². The van der Waals surface area contributed by atoms with E-state index in [1.165, 1.54) is 45.3 Å². The molecule has 2 heteroatoms. The van der Waals surface area contributed by atoms with Crippen LogP contribution < -0.4 is 5.32 Å². The molecule has 1 heterocycles. The molecule has 1 unspecified atom stereocenters. The van der Waals surface area contributed by atoms with Crippen LogP contribution >= 0.6 is 0 Å². The Morgan fingerprint density at radius 1 is 1.20 bits per heavy atom. The van der Waals surface area contributed by atoms with Gasteiger partial charge in [-0.25, -0.2) is 0 Å². The van der Waals surface area contributed by atoms with Gasteiger partial charge >= 0.3 is 0 Å². The molecule has 1 rings (SSSR count). The maximum Gasteiger partial charge on any atom is 0.0304 e. The normalized spacial score (nSPS) is 26.8. The predicted molar refractivity (Wildman–Crippen MR) is 67.3 cm³/mol. The molecule has 0 radical (unpaired) electrons. The Kier molecular flexibility index (Phi) is 5.07. The third-order valence-corrected chi connectivity index (χ3v) is 4.07. The summed E-state index contributed by atoms with van der Waals surface area (Å²) in [6.07, 6.45) is 5.05. The molecule has 0 aromatic carbocycles. The van der Waals surface area contributed by atoms with E-state index in [0.29, 0.717) is 5.54 Å². The van der Waals surface area contributed by atoms with Crippen LogP contribution in [0, 0.1) is 0 Å². The Morgan fingerprint density at radius 2 is 1.87 bits per heavy atom. The molecule has 0 spiro atoms. The first kappa shape index (κ1) is 13.0. The molecule has 1 fully saturated rings. The average Bonchev–Trinajstić information content (AvgIpc) is 2.29. The van der Waals surface area contributed by atoms with E-state index in [2.05, 4.69) is 37.9 Å². The summed E-state index contributed by atoms with van der Waals surface area (Å²) in [6, 6.07) is 0.760. The van der Waals surface area contributed by atoms with E-state index in [0.717, 1.165) is 6.04 Å². The second-order valence-corrected chi connectivity index (χ2v) is 4.90. The maximum atomic E-state index is 3.78. The Hall–Kier alpha value is -0.0800. The third-order valence-electron chi connectivity index (χ3n) is 4.07. The SMILES string of the molecule is CCCN1CC(CC)(CC)NCC1CC. The number of nitrogens with zero attached hydrogens (tertiary/aromatic N) is 1. The van der Waals surface area contributed by atoms with Crippen LogP contribution in [-0.4, -0.2) is 36.1 Å². The van der Waals surface area contributed by atoms with Gasteiger partial charge in [0.25, 0.3) is 0 Å². The molecule has 15 heavy (non-hydrogen) atoms. The maximum absolute atomic E-state index is 3.78. The number of hydrogen-bond donors (Lipinski definition) is 1. The molecule has 0 bridgehead atoms. The molecule has 0 aromatic rings. The molecule has 0 aromatic heterocycles. The lowest BCUT2D eigenvalue weighted by atomic mass is 9.88. The summed E-state index contributed by atoms with van der Waals surface area (Å²) in [4.78, 5) is 2.70. The fraction of sp³-hybridized carbons (Fsp3) is 1.00. The van der Waals surface area contributed by atoms with Crippen LogP contribution in [0.25, 0.3) is 0 Å². The van der Waals surface area contributed by atoms with Crippen LogP contribution in [0.5, 0.6) is 0 Å². The van der Waals surface area contributed by atoms with Gasteiger partial charge in [-0.1, -0.05) is 27.7 Å². The summed E-state index contributed by atoms with van der Waals surface area (Å²) >= 11 is 0. The minimum Gasteiger partial charge on any atom is -0.308 e. The lowest BCUT2D eigenvalue weighted by Crippen LogP contribution is -2.63. The van der Waals surface area contributed by atoms with Crippen molar-refractivity contribution in [1.29, 1.82) is 0 Å². The number of rotatable bonds is 5. The summed E-state index contributed by atoms with van der Waals surface area (Å²) in [7, 11) is 0. The molecule has 0 amide bonds. The van der Waals surface area contributed by atoms with Crippen LogP contribution in [-0.2, 0) is 0 Å². The average molecular weight is 212 g/mol. The van der Waals surface area contributed by atoms with Crippen LogP contribution in [0.3, 0.4) is 0 Å². The molecule has 1 saturated heterocycles. The number of piperazine rings is 1. The lowest BCUT2D eigenvalue weighted by Gasteiger charge is -2.47. The third kappa shape index (κ3) is 2.94. The highest BCUT2D eigenvalue weighted by Crippen LogP contribution is 2.23. The topological polar surface area (TPSA) is 15.3 Å². The minimum absolute atomic E-state index is 0.390. The van der Waals surface area contributed by atoms with Crippen molar-refractivity contribution in [3.05, 3.63) is 0 Å². The van der Waals surface area contributed by atoms with Crippen molar-refractivity contribution >= 4 is 0 Å². The number of hydrogen-bond acceptors (Lipinski definition) is 2. The van der Waals surface area contributed by atoms with E-state index in [-0.39, 0.29) is 0 Å². The zero-order valence-corrected chi connectivity index (χ0v) is 11.0. The van der Waals surface area contributed by atoms with Gasteiger partial charge < -0.3 is 5.32 Å². The molecule has 1 atom stereocenters. The van der Waals surface area contributed by atoms with Crippen LogP contribution in [0.4, 0.5) is 0 Å². The van der Waals surface area contributed by atoms with Crippen molar-refractivity contribution in [2.75, 3.05) is 19.6 Å². The Labute approximate surface area is 95.4 Å². The fourth-order valence-corrected chi connectivity index (χ4v) is 2.71. The fourth-order valence-electron chi connectivity index (χ4n) is 2.71. The largest absolute Gasteiger partial charge is 0.308 e. The van der Waals surface area contributed by atoms with Crippen molar-refractivity contribution in [3.8, 4) is 0 Å². The zero-order valence-electron chi connectivity index (χ0n) is 11.0. The zero-order chi connectivity index (χ0) is 11.3. The highest BCUT2D eigenvalue weighted by molar-refractivity contribution is 4.96. The van der Waals surface area contributed by atoms with E-state index in [1.807, 2.05) is 0 Å². The first-order valence-corrected chi connectivity index (χ1v) is 6.70. The second kappa shape index (κ2) is 5.86. The highest BCUT2D eigenvalue weighted by atomic mass is 15.2. The lowest BCUT2D eigenvalue weighted by molar-refractivity contribution is 0.0707. The summed E-state index contributed by atoms with van der Waals surface area (Å²) in [6.45, 7) is 12.9. The Bertz CT molecular complexity index is 175. The standard InChI is InChI=1S/C13H28N2/c1-5-9-15-11-13(7-3,8-4)14-10-12(15)6-2/h12,14H,5-11H2,1-4H3. The van der Waals surface area contributed by atoms with E-state index in [4.69, 9.17) is 0 Å². The van der Waals surface area contributed by atoms with Gasteiger partial charge in [-0.3, -0.25) is 4.90 Å².